The number of ether oxygens (including phenoxy) is 2. The maximum atomic E-state index is 13.4. The van der Waals surface area contributed by atoms with E-state index in [1.54, 1.807) is 42.5 Å². The van der Waals surface area contributed by atoms with Gasteiger partial charge in [-0.3, -0.25) is 14.5 Å². The fraction of sp³-hybridized carbons (Fsp3) is 0.115. The van der Waals surface area contributed by atoms with Crippen LogP contribution < -0.4 is 14.4 Å². The van der Waals surface area contributed by atoms with Gasteiger partial charge >= 0.3 is 5.91 Å². The fourth-order valence-electron chi connectivity index (χ4n) is 4.36. The Hall–Kier alpha value is -3.40. The maximum Gasteiger partial charge on any atom is 0.301 e. The molecule has 1 fully saturated rings. The van der Waals surface area contributed by atoms with E-state index in [9.17, 15) is 14.7 Å². The molecule has 180 valence electrons. The van der Waals surface area contributed by atoms with E-state index in [1.807, 2.05) is 18.2 Å². The number of amides is 1. The van der Waals surface area contributed by atoms with E-state index in [2.05, 4.69) is 20.9 Å². The molecule has 1 amide bonds. The van der Waals surface area contributed by atoms with Gasteiger partial charge in [0.25, 0.3) is 5.78 Å². The maximum absolute atomic E-state index is 13.4. The summed E-state index contributed by atoms with van der Waals surface area (Å²) in [7, 11) is 0. The molecular weight excluding hydrogens is 568 g/mol. The topological polar surface area (TPSA) is 89.0 Å². The predicted molar refractivity (Wildman–Crippen MR) is 141 cm³/mol. The van der Waals surface area contributed by atoms with Gasteiger partial charge in [0.1, 0.15) is 19.0 Å². The normalized spacial score (nSPS) is 18.7. The van der Waals surface area contributed by atoms with E-state index in [4.69, 9.17) is 21.1 Å². The lowest BCUT2D eigenvalue weighted by Gasteiger charge is -2.23. The monoisotopic (exact) mass is 582 g/mol. The highest BCUT2D eigenvalue weighted by atomic mass is 79.9. The number of hydrogen-bond acceptors (Lipinski definition) is 7. The molecule has 0 saturated carbocycles. The van der Waals surface area contributed by atoms with Crippen LogP contribution in [0.15, 0.2) is 70.7 Å². The molecule has 1 atom stereocenters. The number of hydrogen-bond donors (Lipinski definition) is 1. The molecule has 2 aliphatic heterocycles. The highest BCUT2D eigenvalue weighted by Gasteiger charge is 2.48. The molecule has 10 heteroatoms. The first-order valence-corrected chi connectivity index (χ1v) is 12.9. The van der Waals surface area contributed by atoms with Crippen molar-refractivity contribution in [2.45, 2.75) is 6.04 Å². The van der Waals surface area contributed by atoms with Gasteiger partial charge in [-0.05, 0) is 54.1 Å². The Morgan fingerprint density at radius 1 is 1.06 bits per heavy atom. The van der Waals surface area contributed by atoms with Crippen molar-refractivity contribution in [1.82, 2.24) is 4.98 Å². The summed E-state index contributed by atoms with van der Waals surface area (Å²) in [5.41, 5.74) is 1.60. The first kappa shape index (κ1) is 23.0. The summed E-state index contributed by atoms with van der Waals surface area (Å²) in [6.45, 7) is 0.807. The van der Waals surface area contributed by atoms with Crippen molar-refractivity contribution in [3.8, 4) is 11.5 Å². The van der Waals surface area contributed by atoms with Crippen LogP contribution in [0.4, 0.5) is 5.13 Å². The summed E-state index contributed by atoms with van der Waals surface area (Å²) < 4.78 is 12.7. The van der Waals surface area contributed by atoms with Crippen molar-refractivity contribution in [3.63, 3.8) is 0 Å². The highest BCUT2D eigenvalue weighted by molar-refractivity contribution is 9.10. The van der Waals surface area contributed by atoms with Crippen molar-refractivity contribution >= 4 is 71.7 Å². The summed E-state index contributed by atoms with van der Waals surface area (Å²) in [5.74, 6) is -0.868. The van der Waals surface area contributed by atoms with Crippen molar-refractivity contribution in [2.75, 3.05) is 18.1 Å². The second kappa shape index (κ2) is 8.92. The molecule has 36 heavy (non-hydrogen) atoms. The third-order valence-corrected chi connectivity index (χ3v) is 7.72. The number of fused-ring (bicyclic) bond motifs is 2. The molecule has 3 aromatic carbocycles. The SMILES string of the molecule is O=C1C(=O)N(c2nc3ccc(Cl)cc3s2)[C@@H](c2cccc(Br)c2)/C1=C(\O)c1ccc2c(c1)OCCO2. The molecule has 0 spiro atoms. The van der Waals surface area contributed by atoms with Crippen LogP contribution >= 0.6 is 38.9 Å². The predicted octanol–water partition coefficient (Wildman–Crippen LogP) is 6.11. The molecule has 1 N–H and O–H groups in total. The number of benzene rings is 3. The first-order valence-electron chi connectivity index (χ1n) is 10.9. The zero-order valence-corrected chi connectivity index (χ0v) is 21.6. The Bertz CT molecular complexity index is 1600. The summed E-state index contributed by atoms with van der Waals surface area (Å²) in [6.07, 6.45) is 0. The smallest absolute Gasteiger partial charge is 0.301 e. The van der Waals surface area contributed by atoms with Crippen molar-refractivity contribution in [3.05, 3.63) is 86.9 Å². The number of aliphatic hydroxyl groups is 1. The first-order chi connectivity index (χ1) is 17.4. The molecule has 6 rings (SSSR count). The van der Waals surface area contributed by atoms with Crippen molar-refractivity contribution in [1.29, 1.82) is 0 Å². The number of ketones is 1. The van der Waals surface area contributed by atoms with Gasteiger partial charge in [0, 0.05) is 15.1 Å². The quantitative estimate of drug-likeness (QED) is 0.178. The van der Waals surface area contributed by atoms with Crippen LogP contribution in [0, 0.1) is 0 Å². The number of carbonyl (C=O) groups is 2. The van der Waals surface area contributed by atoms with E-state index in [0.29, 0.717) is 51.5 Å². The van der Waals surface area contributed by atoms with Crippen LogP contribution in [0.5, 0.6) is 11.5 Å². The fourth-order valence-corrected chi connectivity index (χ4v) is 6.04. The molecule has 0 radical (unpaired) electrons. The van der Waals surface area contributed by atoms with Crippen LogP contribution in [0.1, 0.15) is 17.2 Å². The highest BCUT2D eigenvalue weighted by Crippen LogP contribution is 2.45. The minimum atomic E-state index is -0.897. The summed E-state index contributed by atoms with van der Waals surface area (Å²) in [4.78, 5) is 32.8. The third-order valence-electron chi connectivity index (χ3n) is 5.97. The second-order valence-electron chi connectivity index (χ2n) is 8.19. The molecular formula is C26H16BrClN2O5S. The van der Waals surface area contributed by atoms with Gasteiger partial charge in [0.05, 0.1) is 21.8 Å². The lowest BCUT2D eigenvalue weighted by atomic mass is 9.95. The Kier molecular flexibility index (Phi) is 5.70. The van der Waals surface area contributed by atoms with Gasteiger partial charge in [0.15, 0.2) is 16.6 Å². The number of halogens is 2. The number of aromatic nitrogens is 1. The Morgan fingerprint density at radius 3 is 2.67 bits per heavy atom. The van der Waals surface area contributed by atoms with E-state index in [1.165, 1.54) is 16.2 Å². The zero-order valence-electron chi connectivity index (χ0n) is 18.4. The van der Waals surface area contributed by atoms with E-state index >= 15 is 0 Å². The van der Waals surface area contributed by atoms with E-state index in [-0.39, 0.29) is 11.3 Å². The summed E-state index contributed by atoms with van der Waals surface area (Å²) in [6, 6.07) is 16.5. The van der Waals surface area contributed by atoms with Gasteiger partial charge in [0.2, 0.25) is 0 Å². The number of thiazole rings is 1. The van der Waals surface area contributed by atoms with Gasteiger partial charge in [-0.2, -0.15) is 0 Å². The second-order valence-corrected chi connectivity index (χ2v) is 10.6. The van der Waals surface area contributed by atoms with Gasteiger partial charge < -0.3 is 14.6 Å². The number of carbonyl (C=O) groups excluding carboxylic acids is 2. The van der Waals surface area contributed by atoms with Crippen molar-refractivity contribution < 1.29 is 24.2 Å². The van der Waals surface area contributed by atoms with Crippen LogP contribution in [0.25, 0.3) is 16.0 Å². The summed E-state index contributed by atoms with van der Waals surface area (Å²) in [5, 5.41) is 12.3. The average Bonchev–Trinajstić information content (AvgIpc) is 3.41. The minimum Gasteiger partial charge on any atom is -0.507 e. The molecule has 0 unspecified atom stereocenters. The summed E-state index contributed by atoms with van der Waals surface area (Å²) >= 11 is 10.9. The number of nitrogens with zero attached hydrogens (tertiary/aromatic N) is 2. The van der Waals surface area contributed by atoms with E-state index in [0.717, 1.165) is 9.17 Å². The Balaban J connectivity index is 1.54. The Morgan fingerprint density at radius 2 is 1.86 bits per heavy atom. The van der Waals surface area contributed by atoms with Crippen LogP contribution in [-0.2, 0) is 9.59 Å². The lowest BCUT2D eigenvalue weighted by molar-refractivity contribution is -0.132. The molecule has 1 aromatic heterocycles. The molecule has 0 bridgehead atoms. The van der Waals surface area contributed by atoms with Gasteiger partial charge in [-0.1, -0.05) is 51.0 Å². The van der Waals surface area contributed by atoms with E-state index < -0.39 is 17.7 Å². The standard InChI is InChI=1S/C26H16BrClN2O5S/c27-15-3-1-2-13(10-15)22-21(23(31)14-4-7-18-19(11-14)35-9-8-34-18)24(32)25(33)30(22)26-29-17-6-5-16(28)12-20(17)36-26/h1-7,10-12,22,31H,8-9H2/b23-21+/t22-/m0/s1. The van der Waals surface area contributed by atoms with Crippen LogP contribution in [0.2, 0.25) is 5.02 Å². The molecule has 3 heterocycles. The molecule has 0 aliphatic carbocycles. The molecule has 2 aliphatic rings. The molecule has 7 nitrogen and oxygen atoms in total. The number of anilines is 1. The largest absolute Gasteiger partial charge is 0.507 e. The third kappa shape index (κ3) is 3.84. The van der Waals surface area contributed by atoms with Crippen molar-refractivity contribution in [2.24, 2.45) is 0 Å². The van der Waals surface area contributed by atoms with Crippen LogP contribution in [-0.4, -0.2) is 35.0 Å². The van der Waals surface area contributed by atoms with Gasteiger partial charge in [-0.25, -0.2) is 4.98 Å². The van der Waals surface area contributed by atoms with Gasteiger partial charge in [-0.15, -0.1) is 0 Å². The molecule has 1 saturated heterocycles. The number of Topliss-reactive ketones (excluding diaryl/α,β-unsaturated/α-hetero) is 1. The zero-order chi connectivity index (χ0) is 25.0. The lowest BCUT2D eigenvalue weighted by Crippen LogP contribution is -2.29. The molecule has 4 aromatic rings. The minimum absolute atomic E-state index is 0.0351. The number of rotatable bonds is 3. The number of aliphatic hydroxyl groups excluding tert-OH is 1. The van der Waals surface area contributed by atoms with Crippen LogP contribution in [0.3, 0.4) is 0 Å². The average molecular weight is 584 g/mol. The Labute approximate surface area is 222 Å².